The summed E-state index contributed by atoms with van der Waals surface area (Å²) in [6.45, 7) is 8.18. The van der Waals surface area contributed by atoms with Gasteiger partial charge in [0.2, 0.25) is 0 Å². The highest BCUT2D eigenvalue weighted by atomic mass is 15.3. The van der Waals surface area contributed by atoms with E-state index in [0.717, 1.165) is 6.67 Å². The van der Waals surface area contributed by atoms with E-state index in [2.05, 4.69) is 36.0 Å². The standard InChI is InChI=1S/C19H38N2/c1-3-5-7-9-10-11-12-14-16-21-18-17-20(19-21)15-13-8-6-4-2/h17-18H,3-16,19H2,1-2H3. The van der Waals surface area contributed by atoms with Crippen molar-refractivity contribution in [2.45, 2.75) is 90.9 Å². The zero-order chi connectivity index (χ0) is 15.2. The minimum absolute atomic E-state index is 1.13. The van der Waals surface area contributed by atoms with Crippen molar-refractivity contribution in [1.29, 1.82) is 0 Å². The summed E-state index contributed by atoms with van der Waals surface area (Å²) in [7, 11) is 0. The third kappa shape index (κ3) is 9.82. The minimum Gasteiger partial charge on any atom is -0.359 e. The maximum atomic E-state index is 2.48. The van der Waals surface area contributed by atoms with Gasteiger partial charge in [-0.05, 0) is 12.8 Å². The molecule has 1 rings (SSSR count). The molecule has 0 bridgehead atoms. The van der Waals surface area contributed by atoms with Gasteiger partial charge in [0.1, 0.15) is 0 Å². The Kier molecular flexibility index (Phi) is 11.4. The Balaban J connectivity index is 1.87. The van der Waals surface area contributed by atoms with Crippen LogP contribution in [0.2, 0.25) is 0 Å². The lowest BCUT2D eigenvalue weighted by molar-refractivity contribution is 0.257. The second kappa shape index (κ2) is 13.0. The first-order chi connectivity index (χ1) is 10.4. The van der Waals surface area contributed by atoms with Crippen molar-refractivity contribution in [3.63, 3.8) is 0 Å². The summed E-state index contributed by atoms with van der Waals surface area (Å²) in [5, 5.41) is 0. The molecule has 0 aliphatic carbocycles. The molecule has 0 saturated heterocycles. The molecule has 0 unspecified atom stereocenters. The third-order valence-corrected chi connectivity index (χ3v) is 4.45. The second-order valence-corrected chi connectivity index (χ2v) is 6.60. The Labute approximate surface area is 133 Å². The molecule has 1 heterocycles. The molecule has 1 aliphatic heterocycles. The number of nitrogens with zero attached hydrogens (tertiary/aromatic N) is 2. The summed E-state index contributed by atoms with van der Waals surface area (Å²) in [6.07, 6.45) is 21.4. The monoisotopic (exact) mass is 294 g/mol. The molecule has 2 heteroatoms. The maximum Gasteiger partial charge on any atom is 0.0893 e. The molecule has 0 aromatic carbocycles. The molecule has 0 spiro atoms. The van der Waals surface area contributed by atoms with Gasteiger partial charge in [-0.15, -0.1) is 0 Å². The van der Waals surface area contributed by atoms with Gasteiger partial charge in [0.15, 0.2) is 0 Å². The highest BCUT2D eigenvalue weighted by molar-refractivity contribution is 4.90. The van der Waals surface area contributed by atoms with Gasteiger partial charge in [0, 0.05) is 25.5 Å². The van der Waals surface area contributed by atoms with Crippen molar-refractivity contribution in [1.82, 2.24) is 9.80 Å². The van der Waals surface area contributed by atoms with E-state index >= 15 is 0 Å². The normalized spacial score (nSPS) is 14.4. The van der Waals surface area contributed by atoms with Crippen molar-refractivity contribution in [3.8, 4) is 0 Å². The summed E-state index contributed by atoms with van der Waals surface area (Å²) in [4.78, 5) is 4.96. The smallest absolute Gasteiger partial charge is 0.0893 e. The number of hydrogen-bond donors (Lipinski definition) is 0. The maximum absolute atomic E-state index is 2.48. The average molecular weight is 295 g/mol. The minimum atomic E-state index is 1.13. The molecule has 2 nitrogen and oxygen atoms in total. The van der Waals surface area contributed by atoms with Crippen molar-refractivity contribution in [2.75, 3.05) is 19.8 Å². The van der Waals surface area contributed by atoms with E-state index in [-0.39, 0.29) is 0 Å². The van der Waals surface area contributed by atoms with Crippen LogP contribution < -0.4 is 0 Å². The molecule has 124 valence electrons. The number of rotatable bonds is 14. The summed E-state index contributed by atoms with van der Waals surface area (Å²) >= 11 is 0. The molecule has 21 heavy (non-hydrogen) atoms. The Hall–Kier alpha value is -0.660. The van der Waals surface area contributed by atoms with Crippen molar-refractivity contribution < 1.29 is 0 Å². The van der Waals surface area contributed by atoms with Crippen LogP contribution in [0.3, 0.4) is 0 Å². The SMILES string of the molecule is CCCCCCCCCCN1C=CN(CCCCCC)C1. The summed E-state index contributed by atoms with van der Waals surface area (Å²) < 4.78 is 0. The van der Waals surface area contributed by atoms with Crippen molar-refractivity contribution in [2.24, 2.45) is 0 Å². The molecule has 0 fully saturated rings. The van der Waals surface area contributed by atoms with E-state index in [1.165, 1.54) is 90.1 Å². The molecular formula is C19H38N2. The van der Waals surface area contributed by atoms with E-state index in [1.54, 1.807) is 0 Å². The van der Waals surface area contributed by atoms with Crippen LogP contribution in [0.1, 0.15) is 90.9 Å². The van der Waals surface area contributed by atoms with Crippen LogP contribution in [0.4, 0.5) is 0 Å². The molecule has 1 aliphatic rings. The fourth-order valence-corrected chi connectivity index (χ4v) is 3.00. The fraction of sp³-hybridized carbons (Fsp3) is 0.895. The van der Waals surface area contributed by atoms with Crippen LogP contribution in [0.5, 0.6) is 0 Å². The lowest BCUT2D eigenvalue weighted by Gasteiger charge is -2.21. The molecule has 0 aromatic rings. The summed E-state index contributed by atoms with van der Waals surface area (Å²) in [6, 6.07) is 0. The Bertz CT molecular complexity index is 250. The van der Waals surface area contributed by atoms with E-state index in [9.17, 15) is 0 Å². The molecule has 0 amide bonds. The van der Waals surface area contributed by atoms with Gasteiger partial charge in [0.25, 0.3) is 0 Å². The lowest BCUT2D eigenvalue weighted by Crippen LogP contribution is -2.26. The zero-order valence-electron chi connectivity index (χ0n) is 14.7. The molecule has 0 N–H and O–H groups in total. The average Bonchev–Trinajstić information content (AvgIpc) is 2.94. The van der Waals surface area contributed by atoms with Crippen LogP contribution in [0.25, 0.3) is 0 Å². The van der Waals surface area contributed by atoms with Crippen LogP contribution in [-0.2, 0) is 0 Å². The van der Waals surface area contributed by atoms with Gasteiger partial charge in [0.05, 0.1) is 6.67 Å². The van der Waals surface area contributed by atoms with E-state index < -0.39 is 0 Å². The van der Waals surface area contributed by atoms with E-state index in [1.807, 2.05) is 0 Å². The van der Waals surface area contributed by atoms with Crippen LogP contribution >= 0.6 is 0 Å². The summed E-state index contributed by atoms with van der Waals surface area (Å²) in [5.41, 5.74) is 0. The predicted octanol–water partition coefficient (Wildman–Crippen LogP) is 5.75. The van der Waals surface area contributed by atoms with Crippen LogP contribution in [-0.4, -0.2) is 29.6 Å². The van der Waals surface area contributed by atoms with Gasteiger partial charge < -0.3 is 9.80 Å². The topological polar surface area (TPSA) is 6.48 Å². The van der Waals surface area contributed by atoms with Gasteiger partial charge >= 0.3 is 0 Å². The summed E-state index contributed by atoms with van der Waals surface area (Å²) in [5.74, 6) is 0. The van der Waals surface area contributed by atoms with E-state index in [0.29, 0.717) is 0 Å². The highest BCUT2D eigenvalue weighted by Crippen LogP contribution is 2.12. The molecule has 0 atom stereocenters. The molecule has 0 aromatic heterocycles. The van der Waals surface area contributed by atoms with Gasteiger partial charge in [-0.25, -0.2) is 0 Å². The van der Waals surface area contributed by atoms with Crippen molar-refractivity contribution >= 4 is 0 Å². The second-order valence-electron chi connectivity index (χ2n) is 6.60. The molecular weight excluding hydrogens is 256 g/mol. The lowest BCUT2D eigenvalue weighted by atomic mass is 10.1. The highest BCUT2D eigenvalue weighted by Gasteiger charge is 2.10. The third-order valence-electron chi connectivity index (χ3n) is 4.45. The first-order valence-corrected chi connectivity index (χ1v) is 9.53. The van der Waals surface area contributed by atoms with E-state index in [4.69, 9.17) is 0 Å². The number of hydrogen-bond acceptors (Lipinski definition) is 2. The zero-order valence-corrected chi connectivity index (χ0v) is 14.7. The Morgan fingerprint density at radius 2 is 0.952 bits per heavy atom. The number of unbranched alkanes of at least 4 members (excludes halogenated alkanes) is 10. The molecule has 0 saturated carbocycles. The van der Waals surface area contributed by atoms with Crippen LogP contribution in [0.15, 0.2) is 12.4 Å². The molecule has 0 radical (unpaired) electrons. The van der Waals surface area contributed by atoms with Crippen LogP contribution in [0, 0.1) is 0 Å². The Morgan fingerprint density at radius 3 is 1.43 bits per heavy atom. The Morgan fingerprint density at radius 1 is 0.571 bits per heavy atom. The van der Waals surface area contributed by atoms with Crippen molar-refractivity contribution in [3.05, 3.63) is 12.4 Å². The van der Waals surface area contributed by atoms with Gasteiger partial charge in [-0.3, -0.25) is 0 Å². The fourth-order valence-electron chi connectivity index (χ4n) is 3.00. The van der Waals surface area contributed by atoms with Gasteiger partial charge in [-0.1, -0.05) is 78.1 Å². The predicted molar refractivity (Wildman–Crippen MR) is 94.2 cm³/mol. The first kappa shape index (κ1) is 18.4. The first-order valence-electron chi connectivity index (χ1n) is 9.53. The van der Waals surface area contributed by atoms with Gasteiger partial charge in [-0.2, -0.15) is 0 Å². The largest absolute Gasteiger partial charge is 0.359 e. The quantitative estimate of drug-likeness (QED) is 0.376.